The Bertz CT molecular complexity index is 2390. The highest BCUT2D eigenvalue weighted by Crippen LogP contribution is 2.76. The number of carbonyl (C=O) groups excluding carboxylic acids is 2. The summed E-state index contributed by atoms with van der Waals surface area (Å²) >= 11 is 0. The van der Waals surface area contributed by atoms with Gasteiger partial charge in [-0.1, -0.05) is 59.3 Å². The van der Waals surface area contributed by atoms with Crippen LogP contribution in [0.5, 0.6) is 0 Å². The molecule has 5 aliphatic carbocycles. The molecule has 8 fully saturated rings. The first-order valence-electron chi connectivity index (χ1n) is 28.8. The summed E-state index contributed by atoms with van der Waals surface area (Å²) in [5, 5.41) is 144. The van der Waals surface area contributed by atoms with Crippen LogP contribution >= 0.6 is 0 Å². The molecule has 4 saturated heterocycles. The topological polar surface area (TPSA) is 397 Å². The molecule has 25 nitrogen and oxygen atoms in total. The highest BCUT2D eigenvalue weighted by atomic mass is 16.8. The molecule has 25 heteroatoms. The predicted octanol–water partition coefficient (Wildman–Crippen LogP) is -1.55. The Morgan fingerprint density at radius 2 is 1.29 bits per heavy atom. The van der Waals surface area contributed by atoms with Crippen molar-refractivity contribution in [1.29, 1.82) is 0 Å². The van der Waals surface area contributed by atoms with E-state index < -0.39 is 194 Å². The maximum Gasteiger partial charge on any atom is 0.335 e. The third kappa shape index (κ3) is 10.5. The van der Waals surface area contributed by atoms with Crippen molar-refractivity contribution in [2.75, 3.05) is 26.4 Å². The maximum absolute atomic E-state index is 14.1. The standard InChI is InChI=1S/C57H88O25/c1-9-24(2)47(73)76-23-57-26(16-52(3,4)17-32(57)62)25-10-11-31-53(5)14-13-34(54(6,22-59)30(53)12-15-55(31,7)56(25,8)18-33(57)63)78-51-45(82-49-40(69)38(67)37(66)29(19-58)77-49)42(41(70)43(80-51)46(71)72)79-50-44(36(65)28(61)21-75-50)81-48-39(68)35(64)27(60)20-74-48/h9-10,22,26-45,48-51,58,60-70H,11-21,23H2,1-8H3,(H,71,72)/b24-9-/t26-,27+,28-,29+,30+,31+,32-,33+,34-,35-,36-,37-,38-,39+,40+,41-,42-,43-,44?,45+,48-,49-,50-,51?,53-,54-,55+,56+,57+/m0/s1. The zero-order valence-electron chi connectivity index (χ0n) is 47.8. The number of hydrogen-bond acceptors (Lipinski definition) is 24. The second-order valence-electron chi connectivity index (χ2n) is 26.7. The van der Waals surface area contributed by atoms with Crippen LogP contribution in [-0.4, -0.2) is 240 Å². The molecule has 0 bridgehead atoms. The summed E-state index contributed by atoms with van der Waals surface area (Å²) in [5.74, 6) is -3.10. The summed E-state index contributed by atoms with van der Waals surface area (Å²) in [6.07, 6.45) is -29.2. The van der Waals surface area contributed by atoms with Crippen LogP contribution in [0.15, 0.2) is 23.3 Å². The molecule has 9 rings (SSSR count). The number of carboxylic acids is 1. The summed E-state index contributed by atoms with van der Waals surface area (Å²) in [7, 11) is 0. The molecule has 13 N–H and O–H groups in total. The van der Waals surface area contributed by atoms with Crippen molar-refractivity contribution >= 4 is 18.2 Å². The van der Waals surface area contributed by atoms with Gasteiger partial charge in [0, 0.05) is 5.57 Å². The van der Waals surface area contributed by atoms with E-state index in [1.165, 1.54) is 0 Å². The lowest BCUT2D eigenvalue weighted by atomic mass is 9.33. The van der Waals surface area contributed by atoms with Gasteiger partial charge in [0.05, 0.1) is 49.0 Å². The lowest BCUT2D eigenvalue weighted by molar-refractivity contribution is -0.398. The smallest absolute Gasteiger partial charge is 0.335 e. The SMILES string of the molecule is C/C=C(/C)C(=O)OC[C@@]12[C@H](O)C[C@]3(C)C(=CC[C@@H]4[C@@]5(C)CC[C@H](OC6O[C@H](C(=O)O)[C@@H](O)[C@H](O[C@@H]7OC[C@H](O)[C@H](O)C7O[C@@H]7OC[C@@H](O)[C@H](O)[C@H]7O)[C@H]6O[C@@H]6O[C@H](CO)[C@H](O)[C@H](O)[C@H]6O)[C@@](C)(C=O)[C@@H]5CC[C@]43C)[C@@H]1CC(C)(C)C[C@@H]2O. The number of esters is 1. The number of fused-ring (bicyclic) bond motifs is 7. The van der Waals surface area contributed by atoms with Gasteiger partial charge < -0.3 is 114 Å². The Balaban J connectivity index is 1.04. The summed E-state index contributed by atoms with van der Waals surface area (Å²) in [4.78, 5) is 40.4. The average molecular weight is 1170 g/mol. The van der Waals surface area contributed by atoms with E-state index >= 15 is 0 Å². The Morgan fingerprint density at radius 1 is 0.671 bits per heavy atom. The van der Waals surface area contributed by atoms with Gasteiger partial charge in [-0.05, 0) is 105 Å². The van der Waals surface area contributed by atoms with Crippen LogP contribution in [0.1, 0.15) is 107 Å². The molecule has 29 atom stereocenters. The zero-order valence-corrected chi connectivity index (χ0v) is 47.8. The fraction of sp³-hybridized carbons (Fsp3) is 0.877. The molecular weight excluding hydrogens is 1080 g/mol. The number of aliphatic hydroxyl groups is 12. The molecule has 4 saturated carbocycles. The van der Waals surface area contributed by atoms with E-state index in [2.05, 4.69) is 40.7 Å². The average Bonchev–Trinajstić information content (AvgIpc) is 0.837. The number of hydrogen-bond donors (Lipinski definition) is 13. The van der Waals surface area contributed by atoms with Crippen molar-refractivity contribution in [3.05, 3.63) is 23.3 Å². The van der Waals surface area contributed by atoms with Crippen LogP contribution in [-0.2, 0) is 57.0 Å². The molecule has 466 valence electrons. The highest BCUT2D eigenvalue weighted by molar-refractivity contribution is 5.87. The van der Waals surface area contributed by atoms with Crippen molar-refractivity contribution in [3.8, 4) is 0 Å². The summed E-state index contributed by atoms with van der Waals surface area (Å²) in [5.41, 5.74) is -3.04. The monoisotopic (exact) mass is 1170 g/mol. The minimum Gasteiger partial charge on any atom is -0.479 e. The molecule has 0 aromatic heterocycles. The van der Waals surface area contributed by atoms with Gasteiger partial charge in [0.1, 0.15) is 92.2 Å². The summed E-state index contributed by atoms with van der Waals surface area (Å²) < 4.78 is 54.1. The van der Waals surface area contributed by atoms with Gasteiger partial charge in [0.15, 0.2) is 31.3 Å². The molecule has 0 aromatic rings. The molecule has 0 amide bonds. The Kier molecular flexibility index (Phi) is 18.2. The van der Waals surface area contributed by atoms with Gasteiger partial charge in [0.25, 0.3) is 0 Å². The van der Waals surface area contributed by atoms with Crippen LogP contribution < -0.4 is 0 Å². The Morgan fingerprint density at radius 3 is 1.94 bits per heavy atom. The Hall–Kier alpha value is -2.71. The third-order valence-corrected chi connectivity index (χ3v) is 21.7. The normalized spacial score (nSPS) is 52.2. The molecular formula is C57H88O25. The fourth-order valence-electron chi connectivity index (χ4n) is 16.6. The van der Waals surface area contributed by atoms with E-state index in [9.17, 15) is 80.8 Å². The minimum atomic E-state index is -2.26. The largest absolute Gasteiger partial charge is 0.479 e. The second-order valence-corrected chi connectivity index (χ2v) is 26.7. The molecule has 0 spiro atoms. The molecule has 0 radical (unpaired) electrons. The molecule has 9 aliphatic rings. The van der Waals surface area contributed by atoms with Crippen LogP contribution in [0.3, 0.4) is 0 Å². The molecule has 82 heavy (non-hydrogen) atoms. The minimum absolute atomic E-state index is 0.0883. The number of carboxylic acid groups (broad SMARTS) is 1. The van der Waals surface area contributed by atoms with Gasteiger partial charge in [-0.15, -0.1) is 0 Å². The lowest BCUT2D eigenvalue weighted by Gasteiger charge is -2.72. The molecule has 4 heterocycles. The summed E-state index contributed by atoms with van der Waals surface area (Å²) in [6.45, 7) is 13.7. The predicted molar refractivity (Wildman–Crippen MR) is 278 cm³/mol. The fourth-order valence-corrected chi connectivity index (χ4v) is 16.6. The van der Waals surface area contributed by atoms with E-state index in [-0.39, 0.29) is 36.7 Å². The lowest BCUT2D eigenvalue weighted by Crippen LogP contribution is -2.70. The highest BCUT2D eigenvalue weighted by Gasteiger charge is 2.72. The van der Waals surface area contributed by atoms with Gasteiger partial charge in [-0.2, -0.15) is 0 Å². The van der Waals surface area contributed by atoms with Crippen LogP contribution in [0.2, 0.25) is 0 Å². The van der Waals surface area contributed by atoms with Crippen molar-refractivity contribution in [2.24, 2.45) is 50.2 Å². The van der Waals surface area contributed by atoms with Gasteiger partial charge in [0.2, 0.25) is 0 Å². The third-order valence-electron chi connectivity index (χ3n) is 21.7. The number of allylic oxidation sites excluding steroid dienone is 3. The molecule has 2 unspecified atom stereocenters. The van der Waals surface area contributed by atoms with E-state index in [0.717, 1.165) is 11.9 Å². The first-order valence-corrected chi connectivity index (χ1v) is 28.8. The van der Waals surface area contributed by atoms with Crippen LogP contribution in [0.25, 0.3) is 0 Å². The number of carbonyl (C=O) groups is 3. The van der Waals surface area contributed by atoms with Gasteiger partial charge >= 0.3 is 11.9 Å². The van der Waals surface area contributed by atoms with E-state index in [1.54, 1.807) is 26.8 Å². The van der Waals surface area contributed by atoms with Crippen LogP contribution in [0.4, 0.5) is 0 Å². The van der Waals surface area contributed by atoms with Crippen LogP contribution in [0, 0.1) is 50.2 Å². The number of rotatable bonds is 14. The van der Waals surface area contributed by atoms with Crippen molar-refractivity contribution in [3.63, 3.8) is 0 Å². The van der Waals surface area contributed by atoms with Gasteiger partial charge in [-0.3, -0.25) is 0 Å². The Labute approximate surface area is 476 Å². The summed E-state index contributed by atoms with van der Waals surface area (Å²) in [6, 6.07) is 0. The zero-order chi connectivity index (χ0) is 60.1. The van der Waals surface area contributed by atoms with Crippen molar-refractivity contribution in [2.45, 2.75) is 236 Å². The number of ether oxygens (including phenoxy) is 9. The number of aldehydes is 1. The van der Waals surface area contributed by atoms with Crippen molar-refractivity contribution < 1.29 is 123 Å². The van der Waals surface area contributed by atoms with Crippen molar-refractivity contribution in [1.82, 2.24) is 0 Å². The number of aliphatic carboxylic acids is 1. The molecule has 0 aromatic carbocycles. The first kappa shape index (κ1) is 63.8. The first-order chi connectivity index (χ1) is 38.4. The van der Waals surface area contributed by atoms with E-state index in [4.69, 9.17) is 42.6 Å². The molecule has 4 aliphatic heterocycles. The maximum atomic E-state index is 14.1. The number of aliphatic hydroxyl groups excluding tert-OH is 12. The quantitative estimate of drug-likeness (QED) is 0.0308. The second kappa shape index (κ2) is 23.4. The van der Waals surface area contributed by atoms with E-state index in [1.807, 2.05) is 0 Å². The van der Waals surface area contributed by atoms with E-state index in [0.29, 0.717) is 44.1 Å². The van der Waals surface area contributed by atoms with Gasteiger partial charge in [-0.25, -0.2) is 9.59 Å².